The maximum atomic E-state index is 12.1. The van der Waals surface area contributed by atoms with Crippen molar-refractivity contribution in [2.75, 3.05) is 11.5 Å². The van der Waals surface area contributed by atoms with Crippen LogP contribution < -0.4 is 0 Å². The van der Waals surface area contributed by atoms with Crippen LogP contribution in [0.25, 0.3) is 0 Å². The molecule has 1 atom stereocenters. The SMILES string of the molecule is O=C1c2ccccc2C(=O)N1C1CCS(=O)(=O)C1. The van der Waals surface area contributed by atoms with Gasteiger partial charge in [0.25, 0.3) is 11.8 Å². The van der Waals surface area contributed by atoms with Crippen molar-refractivity contribution >= 4 is 21.7 Å². The molecular formula is C12H11NO4S. The van der Waals surface area contributed by atoms with Gasteiger partial charge in [0.2, 0.25) is 0 Å². The lowest BCUT2D eigenvalue weighted by Crippen LogP contribution is -2.40. The van der Waals surface area contributed by atoms with Crippen molar-refractivity contribution < 1.29 is 18.0 Å². The van der Waals surface area contributed by atoms with Gasteiger partial charge in [-0.3, -0.25) is 14.5 Å². The first-order valence-corrected chi connectivity index (χ1v) is 7.49. The normalized spacial score (nSPS) is 25.6. The van der Waals surface area contributed by atoms with Gasteiger partial charge in [0.15, 0.2) is 9.84 Å². The van der Waals surface area contributed by atoms with E-state index in [1.165, 1.54) is 0 Å². The largest absolute Gasteiger partial charge is 0.270 e. The number of amides is 2. The molecule has 0 radical (unpaired) electrons. The highest BCUT2D eigenvalue weighted by atomic mass is 32.2. The molecule has 18 heavy (non-hydrogen) atoms. The predicted octanol–water partition coefficient (Wildman–Crippen LogP) is 0.470. The molecule has 1 saturated heterocycles. The third-order valence-corrected chi connectivity index (χ3v) is 5.15. The van der Waals surface area contributed by atoms with E-state index in [0.717, 1.165) is 4.90 Å². The van der Waals surface area contributed by atoms with Crippen molar-refractivity contribution in [1.29, 1.82) is 0 Å². The zero-order valence-corrected chi connectivity index (χ0v) is 10.3. The van der Waals surface area contributed by atoms with Gasteiger partial charge in [-0.15, -0.1) is 0 Å². The average Bonchev–Trinajstić information content (AvgIpc) is 2.80. The molecule has 0 N–H and O–H groups in total. The summed E-state index contributed by atoms with van der Waals surface area (Å²) in [4.78, 5) is 25.3. The molecule has 1 aromatic carbocycles. The summed E-state index contributed by atoms with van der Waals surface area (Å²) in [7, 11) is -3.11. The molecule has 1 fully saturated rings. The van der Waals surface area contributed by atoms with E-state index in [9.17, 15) is 18.0 Å². The lowest BCUT2D eigenvalue weighted by Gasteiger charge is -2.20. The highest BCUT2D eigenvalue weighted by Crippen LogP contribution is 2.28. The molecular weight excluding hydrogens is 254 g/mol. The quantitative estimate of drug-likeness (QED) is 0.692. The number of fused-ring (bicyclic) bond motifs is 1. The summed E-state index contributed by atoms with van der Waals surface area (Å²) in [6.07, 6.45) is 0.341. The van der Waals surface area contributed by atoms with Gasteiger partial charge in [0.05, 0.1) is 28.7 Å². The van der Waals surface area contributed by atoms with Gasteiger partial charge >= 0.3 is 0 Å². The standard InChI is InChI=1S/C12H11NO4S/c14-11-9-3-1-2-4-10(9)12(15)13(11)8-5-6-18(16,17)7-8/h1-4,8H,5-7H2. The Bertz CT molecular complexity index is 615. The molecule has 2 aliphatic heterocycles. The van der Waals surface area contributed by atoms with Crippen LogP contribution in [-0.2, 0) is 9.84 Å². The molecule has 2 aliphatic rings. The van der Waals surface area contributed by atoms with Crippen molar-refractivity contribution in [3.63, 3.8) is 0 Å². The van der Waals surface area contributed by atoms with E-state index >= 15 is 0 Å². The highest BCUT2D eigenvalue weighted by molar-refractivity contribution is 7.91. The van der Waals surface area contributed by atoms with Crippen molar-refractivity contribution in [1.82, 2.24) is 4.90 Å². The summed E-state index contributed by atoms with van der Waals surface area (Å²) in [6, 6.07) is 6.07. The fraction of sp³-hybridized carbons (Fsp3) is 0.333. The van der Waals surface area contributed by atoms with Crippen LogP contribution in [0.5, 0.6) is 0 Å². The van der Waals surface area contributed by atoms with E-state index in [4.69, 9.17) is 0 Å². The zero-order valence-electron chi connectivity index (χ0n) is 9.50. The first-order chi connectivity index (χ1) is 8.49. The summed E-state index contributed by atoms with van der Waals surface area (Å²) in [5.74, 6) is -0.820. The third kappa shape index (κ3) is 1.56. The highest BCUT2D eigenvalue weighted by Gasteiger charge is 2.43. The van der Waals surface area contributed by atoms with Crippen LogP contribution in [0.3, 0.4) is 0 Å². The average molecular weight is 265 g/mol. The van der Waals surface area contributed by atoms with E-state index < -0.39 is 15.9 Å². The number of imide groups is 1. The first-order valence-electron chi connectivity index (χ1n) is 5.67. The van der Waals surface area contributed by atoms with Gasteiger partial charge in [-0.2, -0.15) is 0 Å². The van der Waals surface area contributed by atoms with E-state index in [0.29, 0.717) is 17.5 Å². The minimum absolute atomic E-state index is 0.0467. The summed E-state index contributed by atoms with van der Waals surface area (Å²) >= 11 is 0. The van der Waals surface area contributed by atoms with Crippen LogP contribution in [0, 0.1) is 0 Å². The van der Waals surface area contributed by atoms with Gasteiger partial charge in [0, 0.05) is 0 Å². The Kier molecular flexibility index (Phi) is 2.31. The van der Waals surface area contributed by atoms with E-state index in [1.54, 1.807) is 24.3 Å². The molecule has 0 aromatic heterocycles. The van der Waals surface area contributed by atoms with Crippen molar-refractivity contribution in [3.05, 3.63) is 35.4 Å². The topological polar surface area (TPSA) is 71.5 Å². The van der Waals surface area contributed by atoms with Crippen LogP contribution >= 0.6 is 0 Å². The number of rotatable bonds is 1. The van der Waals surface area contributed by atoms with E-state index in [2.05, 4.69) is 0 Å². The summed E-state index contributed by atoms with van der Waals surface area (Å²) in [6.45, 7) is 0. The monoisotopic (exact) mass is 265 g/mol. The van der Waals surface area contributed by atoms with Crippen molar-refractivity contribution in [3.8, 4) is 0 Å². The Labute approximate surface area is 104 Å². The fourth-order valence-electron chi connectivity index (χ4n) is 2.52. The van der Waals surface area contributed by atoms with Gasteiger partial charge in [-0.25, -0.2) is 8.42 Å². The van der Waals surface area contributed by atoms with E-state index in [1.807, 2.05) is 0 Å². The smallest absolute Gasteiger partial charge is 0.261 e. The van der Waals surface area contributed by atoms with Crippen molar-refractivity contribution in [2.24, 2.45) is 0 Å². The molecule has 2 heterocycles. The Morgan fingerprint density at radius 3 is 2.06 bits per heavy atom. The van der Waals surface area contributed by atoms with Crippen LogP contribution in [0.1, 0.15) is 27.1 Å². The van der Waals surface area contributed by atoms with Crippen LogP contribution in [0.15, 0.2) is 24.3 Å². The molecule has 2 amide bonds. The number of nitrogens with zero attached hydrogens (tertiary/aromatic N) is 1. The summed E-state index contributed by atoms with van der Waals surface area (Å²) in [5, 5.41) is 0. The number of sulfone groups is 1. The molecule has 0 aliphatic carbocycles. The van der Waals surface area contributed by atoms with Crippen molar-refractivity contribution in [2.45, 2.75) is 12.5 Å². The molecule has 1 unspecified atom stereocenters. The molecule has 0 spiro atoms. The van der Waals surface area contributed by atoms with Gasteiger partial charge in [-0.1, -0.05) is 12.1 Å². The molecule has 0 bridgehead atoms. The van der Waals surface area contributed by atoms with Crippen LogP contribution in [-0.4, -0.2) is 42.7 Å². The summed E-state index contributed by atoms with van der Waals surface area (Å²) in [5.41, 5.74) is 0.735. The number of benzene rings is 1. The Balaban J connectivity index is 1.98. The lowest BCUT2D eigenvalue weighted by molar-refractivity contribution is 0.0601. The van der Waals surface area contributed by atoms with Gasteiger partial charge < -0.3 is 0 Å². The second-order valence-corrected chi connectivity index (χ2v) is 6.81. The maximum Gasteiger partial charge on any atom is 0.261 e. The number of carbonyl (C=O) groups is 2. The molecule has 94 valence electrons. The molecule has 5 nitrogen and oxygen atoms in total. The van der Waals surface area contributed by atoms with Gasteiger partial charge in [0.1, 0.15) is 0 Å². The second-order valence-electron chi connectivity index (χ2n) is 4.58. The third-order valence-electron chi connectivity index (χ3n) is 3.40. The van der Waals surface area contributed by atoms with Crippen LogP contribution in [0.2, 0.25) is 0 Å². The van der Waals surface area contributed by atoms with Crippen LogP contribution in [0.4, 0.5) is 0 Å². The molecule has 0 saturated carbocycles. The first kappa shape index (κ1) is 11.4. The maximum absolute atomic E-state index is 12.1. The second kappa shape index (κ2) is 3.65. The summed E-state index contributed by atoms with van der Waals surface area (Å²) < 4.78 is 22.9. The van der Waals surface area contributed by atoms with Gasteiger partial charge in [-0.05, 0) is 18.6 Å². The molecule has 6 heteroatoms. The number of hydrogen-bond donors (Lipinski definition) is 0. The Morgan fingerprint density at radius 2 is 1.61 bits per heavy atom. The minimum Gasteiger partial charge on any atom is -0.270 e. The number of carbonyl (C=O) groups excluding carboxylic acids is 2. The Hall–Kier alpha value is -1.69. The number of hydrogen-bond acceptors (Lipinski definition) is 4. The Morgan fingerprint density at radius 1 is 1.06 bits per heavy atom. The fourth-order valence-corrected chi connectivity index (χ4v) is 4.22. The van der Waals surface area contributed by atoms with E-state index in [-0.39, 0.29) is 23.3 Å². The zero-order chi connectivity index (χ0) is 12.9. The lowest BCUT2D eigenvalue weighted by atomic mass is 10.1. The molecule has 1 aromatic rings. The molecule has 3 rings (SSSR count). The predicted molar refractivity (Wildman–Crippen MR) is 64.0 cm³/mol. The minimum atomic E-state index is -3.11.